The fourth-order valence-corrected chi connectivity index (χ4v) is 2.36. The maximum atomic E-state index is 11.7. The number of hydrogen-bond donors (Lipinski definition) is 1. The zero-order valence-electron chi connectivity index (χ0n) is 12.6. The Labute approximate surface area is 129 Å². The van der Waals surface area contributed by atoms with Crippen LogP contribution in [0.15, 0.2) is 42.5 Å². The molecule has 0 saturated heterocycles. The van der Waals surface area contributed by atoms with Gasteiger partial charge in [-0.1, -0.05) is 37.3 Å². The molecule has 2 rings (SSSR count). The normalized spacial score (nSPS) is 10.3. The molecule has 0 saturated carbocycles. The summed E-state index contributed by atoms with van der Waals surface area (Å²) in [6.45, 7) is 3.61. The number of carboxylic acids is 1. The van der Waals surface area contributed by atoms with Gasteiger partial charge in [0.2, 0.25) is 0 Å². The molecule has 0 heterocycles. The van der Waals surface area contributed by atoms with Gasteiger partial charge >= 0.3 is 5.97 Å². The Kier molecular flexibility index (Phi) is 4.94. The van der Waals surface area contributed by atoms with Crippen LogP contribution in [-0.2, 0) is 13.0 Å². The van der Waals surface area contributed by atoms with E-state index in [0.29, 0.717) is 24.3 Å². The Hall–Kier alpha value is -2.62. The molecule has 114 valence electrons. The van der Waals surface area contributed by atoms with Gasteiger partial charge in [0.1, 0.15) is 12.4 Å². The van der Waals surface area contributed by atoms with Crippen molar-refractivity contribution in [3.05, 3.63) is 64.7 Å². The Bertz CT molecular complexity index is 690. The molecule has 4 heteroatoms. The van der Waals surface area contributed by atoms with E-state index in [2.05, 4.69) is 0 Å². The maximum absolute atomic E-state index is 11.7. The number of carbonyl (C=O) groups is 2. The van der Waals surface area contributed by atoms with Crippen molar-refractivity contribution in [1.82, 2.24) is 0 Å². The zero-order chi connectivity index (χ0) is 16.1. The van der Waals surface area contributed by atoms with Crippen LogP contribution in [0.3, 0.4) is 0 Å². The second-order valence-corrected chi connectivity index (χ2v) is 4.99. The molecule has 2 aromatic carbocycles. The Morgan fingerprint density at radius 2 is 1.82 bits per heavy atom. The molecule has 2 aromatic rings. The Morgan fingerprint density at radius 1 is 1.14 bits per heavy atom. The number of benzene rings is 2. The first-order valence-electron chi connectivity index (χ1n) is 7.10. The standard InChI is InChI=1S/C18H18O4/c1-3-14-9-15(22-11-13-7-5-4-6-8-13)10-16(18(20)21)17(14)12(2)19/h4-10H,3,11H2,1-2H3,(H,20,21). The molecule has 0 bridgehead atoms. The lowest BCUT2D eigenvalue weighted by molar-refractivity contribution is 0.0691. The smallest absolute Gasteiger partial charge is 0.336 e. The minimum atomic E-state index is -1.12. The number of aromatic carboxylic acids is 1. The number of aryl methyl sites for hydroxylation is 1. The van der Waals surface area contributed by atoms with E-state index in [1.54, 1.807) is 6.07 Å². The van der Waals surface area contributed by atoms with Gasteiger partial charge in [-0.15, -0.1) is 0 Å². The van der Waals surface area contributed by atoms with Gasteiger partial charge in [-0.25, -0.2) is 4.79 Å². The second kappa shape index (κ2) is 6.89. The number of carbonyl (C=O) groups excluding carboxylic acids is 1. The van der Waals surface area contributed by atoms with Crippen molar-refractivity contribution in [2.24, 2.45) is 0 Å². The quantitative estimate of drug-likeness (QED) is 0.825. The SMILES string of the molecule is CCc1cc(OCc2ccccc2)cc(C(=O)O)c1C(C)=O. The van der Waals surface area contributed by atoms with Gasteiger partial charge < -0.3 is 9.84 Å². The first kappa shape index (κ1) is 15.8. The van der Waals surface area contributed by atoms with Crippen LogP contribution in [0.25, 0.3) is 0 Å². The summed E-state index contributed by atoms with van der Waals surface area (Å²) in [4.78, 5) is 23.1. The molecule has 1 N–H and O–H groups in total. The minimum absolute atomic E-state index is 0.00471. The first-order chi connectivity index (χ1) is 10.5. The van der Waals surface area contributed by atoms with Gasteiger partial charge in [0.15, 0.2) is 5.78 Å². The summed E-state index contributed by atoms with van der Waals surface area (Å²) >= 11 is 0. The lowest BCUT2D eigenvalue weighted by Gasteiger charge is -2.13. The monoisotopic (exact) mass is 298 g/mol. The summed E-state index contributed by atoms with van der Waals surface area (Å²) < 4.78 is 5.69. The molecular formula is C18H18O4. The van der Waals surface area contributed by atoms with Crippen LogP contribution in [0.5, 0.6) is 5.75 Å². The van der Waals surface area contributed by atoms with E-state index in [9.17, 15) is 14.7 Å². The fourth-order valence-electron chi connectivity index (χ4n) is 2.36. The van der Waals surface area contributed by atoms with Crippen LogP contribution in [0.1, 0.15) is 45.7 Å². The number of Topliss-reactive ketones (excluding diaryl/α,β-unsaturated/α-hetero) is 1. The van der Waals surface area contributed by atoms with Crippen molar-refractivity contribution in [3.8, 4) is 5.75 Å². The summed E-state index contributed by atoms with van der Waals surface area (Å²) in [7, 11) is 0. The highest BCUT2D eigenvalue weighted by atomic mass is 16.5. The van der Waals surface area contributed by atoms with Crippen LogP contribution >= 0.6 is 0 Å². The van der Waals surface area contributed by atoms with Crippen LogP contribution in [0, 0.1) is 0 Å². The Balaban J connectivity index is 2.34. The largest absolute Gasteiger partial charge is 0.489 e. The molecule has 0 aliphatic rings. The predicted octanol–water partition coefficient (Wildman–Crippen LogP) is 3.73. The van der Waals surface area contributed by atoms with E-state index >= 15 is 0 Å². The number of carboxylic acid groups (broad SMARTS) is 1. The second-order valence-electron chi connectivity index (χ2n) is 4.99. The predicted molar refractivity (Wildman–Crippen MR) is 83.6 cm³/mol. The molecule has 22 heavy (non-hydrogen) atoms. The Morgan fingerprint density at radius 3 is 2.36 bits per heavy atom. The van der Waals surface area contributed by atoms with Crippen LogP contribution in [-0.4, -0.2) is 16.9 Å². The van der Waals surface area contributed by atoms with Crippen molar-refractivity contribution in [3.63, 3.8) is 0 Å². The van der Waals surface area contributed by atoms with E-state index < -0.39 is 5.97 Å². The van der Waals surface area contributed by atoms with Crippen molar-refractivity contribution in [1.29, 1.82) is 0 Å². The summed E-state index contributed by atoms with van der Waals surface area (Å²) in [5.41, 5.74) is 1.94. The van der Waals surface area contributed by atoms with Crippen LogP contribution in [0.4, 0.5) is 0 Å². The summed E-state index contributed by atoms with van der Waals surface area (Å²) in [6, 6.07) is 12.8. The minimum Gasteiger partial charge on any atom is -0.489 e. The molecule has 0 unspecified atom stereocenters. The average Bonchev–Trinajstić information content (AvgIpc) is 2.52. The molecule has 0 amide bonds. The highest BCUT2D eigenvalue weighted by Gasteiger charge is 2.19. The molecule has 4 nitrogen and oxygen atoms in total. The molecule has 0 aliphatic heterocycles. The van der Waals surface area contributed by atoms with Crippen molar-refractivity contribution in [2.45, 2.75) is 26.9 Å². The molecule has 0 atom stereocenters. The highest BCUT2D eigenvalue weighted by Crippen LogP contribution is 2.25. The number of ether oxygens (including phenoxy) is 1. The van der Waals surface area contributed by atoms with E-state index in [0.717, 1.165) is 5.56 Å². The third-order valence-corrected chi connectivity index (χ3v) is 3.41. The van der Waals surface area contributed by atoms with Gasteiger partial charge in [-0.3, -0.25) is 4.79 Å². The summed E-state index contributed by atoms with van der Waals surface area (Å²) in [6.07, 6.45) is 0.567. The van der Waals surface area contributed by atoms with Gasteiger partial charge in [0, 0.05) is 5.56 Å². The van der Waals surface area contributed by atoms with Gasteiger partial charge in [0.05, 0.1) is 5.56 Å². The van der Waals surface area contributed by atoms with Gasteiger partial charge in [0.25, 0.3) is 0 Å². The molecule has 0 radical (unpaired) electrons. The molecule has 0 fully saturated rings. The molecule has 0 aliphatic carbocycles. The summed E-state index contributed by atoms with van der Waals surface area (Å²) in [5.74, 6) is -0.906. The number of rotatable bonds is 6. The van der Waals surface area contributed by atoms with Crippen molar-refractivity contribution >= 4 is 11.8 Å². The van der Waals surface area contributed by atoms with Crippen LogP contribution < -0.4 is 4.74 Å². The van der Waals surface area contributed by atoms with E-state index in [1.165, 1.54) is 13.0 Å². The zero-order valence-corrected chi connectivity index (χ0v) is 12.6. The third kappa shape index (κ3) is 3.52. The van der Waals surface area contributed by atoms with Gasteiger partial charge in [-0.2, -0.15) is 0 Å². The summed E-state index contributed by atoms with van der Waals surface area (Å²) in [5, 5.41) is 9.34. The molecular weight excluding hydrogens is 280 g/mol. The fraction of sp³-hybridized carbons (Fsp3) is 0.222. The van der Waals surface area contributed by atoms with E-state index in [1.807, 2.05) is 37.3 Å². The van der Waals surface area contributed by atoms with Gasteiger partial charge in [-0.05, 0) is 36.6 Å². The highest BCUT2D eigenvalue weighted by molar-refractivity contribution is 6.06. The first-order valence-corrected chi connectivity index (χ1v) is 7.10. The van der Waals surface area contributed by atoms with Crippen molar-refractivity contribution in [2.75, 3.05) is 0 Å². The maximum Gasteiger partial charge on any atom is 0.336 e. The lowest BCUT2D eigenvalue weighted by Crippen LogP contribution is -2.10. The van der Waals surface area contributed by atoms with E-state index in [4.69, 9.17) is 4.74 Å². The number of ketones is 1. The third-order valence-electron chi connectivity index (χ3n) is 3.41. The molecule has 0 aromatic heterocycles. The van der Waals surface area contributed by atoms with Crippen molar-refractivity contribution < 1.29 is 19.4 Å². The molecule has 0 spiro atoms. The van der Waals surface area contributed by atoms with E-state index in [-0.39, 0.29) is 16.9 Å². The average molecular weight is 298 g/mol. The number of hydrogen-bond acceptors (Lipinski definition) is 3. The topological polar surface area (TPSA) is 63.6 Å². The van der Waals surface area contributed by atoms with Crippen LogP contribution in [0.2, 0.25) is 0 Å². The lowest BCUT2D eigenvalue weighted by atomic mass is 9.96.